The Morgan fingerprint density at radius 1 is 1.26 bits per heavy atom. The van der Waals surface area contributed by atoms with Crippen LogP contribution in [-0.4, -0.2) is 42.6 Å². The van der Waals surface area contributed by atoms with Gasteiger partial charge in [0.15, 0.2) is 0 Å². The SMILES string of the molecule is COC1CCC(C(=O)NC2NNC(C3CC3)S2)NC1. The molecule has 2 heterocycles. The van der Waals surface area contributed by atoms with E-state index in [0.29, 0.717) is 5.37 Å². The first-order chi connectivity index (χ1) is 9.26. The molecule has 4 unspecified atom stereocenters. The van der Waals surface area contributed by atoms with Crippen LogP contribution >= 0.6 is 11.8 Å². The highest BCUT2D eigenvalue weighted by Crippen LogP contribution is 2.39. The van der Waals surface area contributed by atoms with E-state index in [1.54, 1.807) is 18.9 Å². The third-order valence-electron chi connectivity index (χ3n) is 3.98. The van der Waals surface area contributed by atoms with Crippen molar-refractivity contribution in [1.82, 2.24) is 21.5 Å². The quantitative estimate of drug-likeness (QED) is 0.570. The molecule has 1 aliphatic carbocycles. The summed E-state index contributed by atoms with van der Waals surface area (Å²) in [4.78, 5) is 12.1. The first-order valence-corrected chi connectivity index (χ1v) is 7.93. The summed E-state index contributed by atoms with van der Waals surface area (Å²) in [6.45, 7) is 0.753. The smallest absolute Gasteiger partial charge is 0.239 e. The number of piperidine rings is 1. The highest BCUT2D eigenvalue weighted by atomic mass is 32.2. The number of nitrogens with one attached hydrogen (secondary N) is 4. The normalized spacial score (nSPS) is 39.2. The average Bonchev–Trinajstić information content (AvgIpc) is 3.20. The molecule has 2 saturated heterocycles. The van der Waals surface area contributed by atoms with Crippen molar-refractivity contribution in [3.05, 3.63) is 0 Å². The lowest BCUT2D eigenvalue weighted by Gasteiger charge is -2.28. The predicted octanol–water partition coefficient (Wildman–Crippen LogP) is -0.270. The highest BCUT2D eigenvalue weighted by molar-refractivity contribution is 8.00. The Labute approximate surface area is 117 Å². The van der Waals surface area contributed by atoms with Gasteiger partial charge in [-0.15, -0.1) is 0 Å². The first kappa shape index (κ1) is 13.6. The molecule has 0 aromatic rings. The Hall–Kier alpha value is -0.340. The zero-order valence-corrected chi connectivity index (χ0v) is 12.0. The third-order valence-corrected chi connectivity index (χ3v) is 5.29. The molecule has 0 aromatic heterocycles. The molecule has 7 heteroatoms. The van der Waals surface area contributed by atoms with Crippen molar-refractivity contribution in [3.8, 4) is 0 Å². The minimum Gasteiger partial charge on any atom is -0.380 e. The van der Waals surface area contributed by atoms with Gasteiger partial charge in [-0.05, 0) is 31.6 Å². The van der Waals surface area contributed by atoms with E-state index in [9.17, 15) is 4.79 Å². The maximum atomic E-state index is 12.1. The molecule has 0 bridgehead atoms. The number of ether oxygens (including phenoxy) is 1. The Balaban J connectivity index is 1.41. The van der Waals surface area contributed by atoms with Crippen LogP contribution in [0.25, 0.3) is 0 Å². The predicted molar refractivity (Wildman–Crippen MR) is 74.1 cm³/mol. The van der Waals surface area contributed by atoms with E-state index in [4.69, 9.17) is 4.74 Å². The minimum absolute atomic E-state index is 0.0138. The second kappa shape index (κ2) is 5.97. The third kappa shape index (κ3) is 3.41. The van der Waals surface area contributed by atoms with Gasteiger partial charge in [-0.25, -0.2) is 10.9 Å². The fourth-order valence-electron chi connectivity index (χ4n) is 2.56. The molecule has 1 saturated carbocycles. The maximum Gasteiger partial charge on any atom is 0.239 e. The largest absolute Gasteiger partial charge is 0.380 e. The Kier molecular flexibility index (Phi) is 4.28. The molecule has 3 rings (SSSR count). The topological polar surface area (TPSA) is 74.4 Å². The van der Waals surface area contributed by atoms with Crippen LogP contribution in [0.1, 0.15) is 25.7 Å². The molecule has 0 aromatic carbocycles. The molecule has 6 nitrogen and oxygen atoms in total. The lowest BCUT2D eigenvalue weighted by atomic mass is 10.0. The van der Waals surface area contributed by atoms with E-state index < -0.39 is 0 Å². The van der Waals surface area contributed by atoms with Crippen LogP contribution in [0.2, 0.25) is 0 Å². The molecule has 3 aliphatic rings. The number of rotatable bonds is 4. The van der Waals surface area contributed by atoms with E-state index in [-0.39, 0.29) is 23.6 Å². The number of thioether (sulfide) groups is 1. The van der Waals surface area contributed by atoms with Crippen LogP contribution in [0.3, 0.4) is 0 Å². The lowest BCUT2D eigenvalue weighted by molar-refractivity contribution is -0.124. The number of carbonyl (C=O) groups is 1. The highest BCUT2D eigenvalue weighted by Gasteiger charge is 2.38. The molecular weight excluding hydrogens is 264 g/mol. The summed E-state index contributed by atoms with van der Waals surface area (Å²) in [6, 6.07) is -0.0891. The van der Waals surface area contributed by atoms with Crippen molar-refractivity contribution in [2.45, 2.75) is 48.7 Å². The maximum absolute atomic E-state index is 12.1. The Bertz CT molecular complexity index is 332. The van der Waals surface area contributed by atoms with E-state index in [1.807, 2.05) is 0 Å². The summed E-state index contributed by atoms with van der Waals surface area (Å²) >= 11 is 1.77. The zero-order chi connectivity index (χ0) is 13.2. The fourth-order valence-corrected chi connectivity index (χ4v) is 3.80. The molecule has 4 N–H and O–H groups in total. The number of amides is 1. The first-order valence-electron chi connectivity index (χ1n) is 6.99. The van der Waals surface area contributed by atoms with Crippen LogP contribution in [-0.2, 0) is 9.53 Å². The van der Waals surface area contributed by atoms with Crippen molar-refractivity contribution in [2.75, 3.05) is 13.7 Å². The number of hydrazine groups is 1. The van der Waals surface area contributed by atoms with E-state index in [2.05, 4.69) is 21.5 Å². The van der Waals surface area contributed by atoms with Gasteiger partial charge in [-0.2, -0.15) is 0 Å². The van der Waals surface area contributed by atoms with Crippen LogP contribution in [0.15, 0.2) is 0 Å². The average molecular weight is 286 g/mol. The number of hydrogen-bond acceptors (Lipinski definition) is 6. The van der Waals surface area contributed by atoms with Gasteiger partial charge in [0, 0.05) is 13.7 Å². The van der Waals surface area contributed by atoms with Crippen molar-refractivity contribution >= 4 is 17.7 Å². The van der Waals surface area contributed by atoms with E-state index in [1.165, 1.54) is 12.8 Å². The number of methoxy groups -OCH3 is 1. The molecule has 1 amide bonds. The van der Waals surface area contributed by atoms with Gasteiger partial charge < -0.3 is 15.4 Å². The summed E-state index contributed by atoms with van der Waals surface area (Å²) in [6.07, 6.45) is 4.62. The second-order valence-corrected chi connectivity index (χ2v) is 6.72. The van der Waals surface area contributed by atoms with Gasteiger partial charge in [-0.1, -0.05) is 11.8 Å². The molecular formula is C12H22N4O2S. The summed E-state index contributed by atoms with van der Waals surface area (Å²) < 4.78 is 5.28. The zero-order valence-electron chi connectivity index (χ0n) is 11.1. The van der Waals surface area contributed by atoms with Crippen LogP contribution in [0, 0.1) is 5.92 Å². The fraction of sp³-hybridized carbons (Fsp3) is 0.917. The summed E-state index contributed by atoms with van der Waals surface area (Å²) in [5.74, 6) is 0.854. The molecule has 4 atom stereocenters. The van der Waals surface area contributed by atoms with Crippen LogP contribution in [0.4, 0.5) is 0 Å². The number of carbonyl (C=O) groups excluding carboxylic acids is 1. The van der Waals surface area contributed by atoms with Gasteiger partial charge in [0.1, 0.15) is 5.50 Å². The van der Waals surface area contributed by atoms with Crippen LogP contribution < -0.4 is 21.5 Å². The van der Waals surface area contributed by atoms with Crippen LogP contribution in [0.5, 0.6) is 0 Å². The lowest BCUT2D eigenvalue weighted by Crippen LogP contribution is -2.54. The van der Waals surface area contributed by atoms with Gasteiger partial charge in [0.05, 0.1) is 17.5 Å². The molecule has 3 fully saturated rings. The van der Waals surface area contributed by atoms with Crippen molar-refractivity contribution < 1.29 is 9.53 Å². The van der Waals surface area contributed by atoms with Gasteiger partial charge in [0.2, 0.25) is 5.91 Å². The van der Waals surface area contributed by atoms with Gasteiger partial charge in [0.25, 0.3) is 0 Å². The molecule has 19 heavy (non-hydrogen) atoms. The standard InChI is InChI=1S/C12H22N4O2S/c1-18-8-4-5-9(13-6-8)10(17)14-12-16-15-11(19-12)7-2-3-7/h7-9,11-13,15-16H,2-6H2,1H3,(H,14,17). The van der Waals surface area contributed by atoms with E-state index >= 15 is 0 Å². The Morgan fingerprint density at radius 3 is 2.74 bits per heavy atom. The minimum atomic E-state index is -0.0891. The molecule has 0 radical (unpaired) electrons. The monoisotopic (exact) mass is 286 g/mol. The second-order valence-electron chi connectivity index (χ2n) is 5.47. The van der Waals surface area contributed by atoms with Crippen molar-refractivity contribution in [2.24, 2.45) is 5.92 Å². The summed E-state index contributed by atoms with van der Waals surface area (Å²) in [7, 11) is 1.72. The molecule has 0 spiro atoms. The van der Waals surface area contributed by atoms with Crippen molar-refractivity contribution in [1.29, 1.82) is 0 Å². The van der Waals surface area contributed by atoms with E-state index in [0.717, 1.165) is 25.3 Å². The van der Waals surface area contributed by atoms with Crippen molar-refractivity contribution in [3.63, 3.8) is 0 Å². The molecule has 108 valence electrons. The molecule has 2 aliphatic heterocycles. The summed E-state index contributed by atoms with van der Waals surface area (Å²) in [5, 5.41) is 6.73. The Morgan fingerprint density at radius 2 is 2.11 bits per heavy atom. The van der Waals surface area contributed by atoms with Gasteiger partial charge in [-0.3, -0.25) is 4.79 Å². The summed E-state index contributed by atoms with van der Waals surface area (Å²) in [5.41, 5.74) is 6.38. The number of hydrogen-bond donors (Lipinski definition) is 4. The van der Waals surface area contributed by atoms with Gasteiger partial charge >= 0.3 is 0 Å².